The van der Waals surface area contributed by atoms with Crippen LogP contribution in [0, 0.1) is 0 Å². The molecule has 106 valence electrons. The zero-order valence-corrected chi connectivity index (χ0v) is 12.7. The quantitative estimate of drug-likeness (QED) is 0.862. The van der Waals surface area contributed by atoms with E-state index in [0.717, 1.165) is 49.0 Å². The summed E-state index contributed by atoms with van der Waals surface area (Å²) in [5, 5.41) is 0.818. The molecule has 0 radical (unpaired) electrons. The fourth-order valence-electron chi connectivity index (χ4n) is 2.58. The van der Waals surface area contributed by atoms with E-state index in [2.05, 4.69) is 23.6 Å². The fraction of sp³-hybridized carbons (Fsp3) is 0.600. The van der Waals surface area contributed by atoms with Gasteiger partial charge in [-0.15, -0.1) is 0 Å². The highest BCUT2D eigenvalue weighted by Crippen LogP contribution is 2.21. The molecule has 1 aliphatic heterocycles. The first-order valence-corrected chi connectivity index (χ1v) is 7.48. The summed E-state index contributed by atoms with van der Waals surface area (Å²) in [5.74, 6) is 0. The first kappa shape index (κ1) is 14.6. The van der Waals surface area contributed by atoms with Crippen molar-refractivity contribution in [3.63, 3.8) is 0 Å². The van der Waals surface area contributed by atoms with Crippen LogP contribution >= 0.6 is 11.6 Å². The van der Waals surface area contributed by atoms with Crippen molar-refractivity contribution >= 4 is 17.3 Å². The summed E-state index contributed by atoms with van der Waals surface area (Å²) in [5.41, 5.74) is 7.75. The number of benzene rings is 1. The Kier molecular flexibility index (Phi) is 5.08. The van der Waals surface area contributed by atoms with Gasteiger partial charge in [-0.2, -0.15) is 0 Å². The highest BCUT2D eigenvalue weighted by Gasteiger charge is 2.20. The summed E-state index contributed by atoms with van der Waals surface area (Å²) in [4.78, 5) is 5.02. The lowest BCUT2D eigenvalue weighted by atomic mass is 10.1. The lowest BCUT2D eigenvalue weighted by Crippen LogP contribution is -2.49. The number of nitrogens with two attached hydrogens (primary N) is 1. The van der Waals surface area contributed by atoms with E-state index in [1.807, 2.05) is 18.2 Å². The molecule has 1 fully saturated rings. The van der Waals surface area contributed by atoms with Crippen LogP contribution in [0.15, 0.2) is 18.2 Å². The molecule has 2 N–H and O–H groups in total. The van der Waals surface area contributed by atoms with Gasteiger partial charge >= 0.3 is 0 Å². The average molecular weight is 282 g/mol. The van der Waals surface area contributed by atoms with Gasteiger partial charge in [0.1, 0.15) is 0 Å². The van der Waals surface area contributed by atoms with E-state index in [4.69, 9.17) is 17.3 Å². The van der Waals surface area contributed by atoms with Crippen LogP contribution in [0.4, 0.5) is 5.69 Å². The average Bonchev–Trinajstić information content (AvgIpc) is 2.43. The van der Waals surface area contributed by atoms with E-state index in [1.54, 1.807) is 0 Å². The number of hydrogen-bond acceptors (Lipinski definition) is 3. The predicted octanol–water partition coefficient (Wildman–Crippen LogP) is 2.84. The summed E-state index contributed by atoms with van der Waals surface area (Å²) in [6.45, 7) is 9.97. The number of anilines is 1. The van der Waals surface area contributed by atoms with Crippen molar-refractivity contribution in [3.05, 3.63) is 28.8 Å². The van der Waals surface area contributed by atoms with E-state index in [-0.39, 0.29) is 0 Å². The summed E-state index contributed by atoms with van der Waals surface area (Å²) >= 11 is 6.22. The van der Waals surface area contributed by atoms with Gasteiger partial charge in [0, 0.05) is 49.5 Å². The minimum Gasteiger partial charge on any atom is -0.399 e. The second-order valence-corrected chi connectivity index (χ2v) is 5.83. The molecule has 1 unspecified atom stereocenters. The Morgan fingerprint density at radius 1 is 1.26 bits per heavy atom. The van der Waals surface area contributed by atoms with Crippen molar-refractivity contribution in [2.24, 2.45) is 0 Å². The van der Waals surface area contributed by atoms with Gasteiger partial charge in [0.15, 0.2) is 0 Å². The molecule has 1 aromatic carbocycles. The van der Waals surface area contributed by atoms with Gasteiger partial charge in [-0.05, 0) is 37.1 Å². The lowest BCUT2D eigenvalue weighted by molar-refractivity contribution is 0.0964. The normalized spacial score (nSPS) is 19.5. The largest absolute Gasteiger partial charge is 0.399 e. The first-order chi connectivity index (χ1) is 9.10. The van der Waals surface area contributed by atoms with Crippen molar-refractivity contribution in [1.29, 1.82) is 0 Å². The third-order valence-corrected chi connectivity index (χ3v) is 4.45. The van der Waals surface area contributed by atoms with Crippen molar-refractivity contribution < 1.29 is 0 Å². The van der Waals surface area contributed by atoms with E-state index < -0.39 is 0 Å². The van der Waals surface area contributed by atoms with E-state index in [1.165, 1.54) is 6.42 Å². The van der Waals surface area contributed by atoms with E-state index in [0.29, 0.717) is 6.04 Å². The maximum absolute atomic E-state index is 6.22. The first-order valence-electron chi connectivity index (χ1n) is 7.10. The van der Waals surface area contributed by atoms with Crippen LogP contribution in [0.2, 0.25) is 5.02 Å². The van der Waals surface area contributed by atoms with Crippen LogP contribution in [-0.2, 0) is 6.54 Å². The number of hydrogen-bond donors (Lipinski definition) is 1. The molecule has 4 heteroatoms. The molecule has 19 heavy (non-hydrogen) atoms. The third kappa shape index (κ3) is 3.85. The Hall–Kier alpha value is -0.770. The molecule has 0 amide bonds. The van der Waals surface area contributed by atoms with Crippen LogP contribution in [0.25, 0.3) is 0 Å². The van der Waals surface area contributed by atoms with Crippen LogP contribution in [-0.4, -0.2) is 42.0 Å². The van der Waals surface area contributed by atoms with Gasteiger partial charge in [0.05, 0.1) is 0 Å². The van der Waals surface area contributed by atoms with Gasteiger partial charge in [-0.25, -0.2) is 0 Å². The van der Waals surface area contributed by atoms with Gasteiger partial charge in [-0.1, -0.05) is 18.5 Å². The standard InChI is InChI=1S/C15H24ClN3/c1-3-12(2)19-8-6-18(7-9-19)11-13-10-14(17)4-5-15(13)16/h4-5,10,12H,3,6-9,11,17H2,1-2H3. The zero-order chi connectivity index (χ0) is 13.8. The predicted molar refractivity (Wildman–Crippen MR) is 82.5 cm³/mol. The Balaban J connectivity index is 1.90. The maximum Gasteiger partial charge on any atom is 0.0452 e. The van der Waals surface area contributed by atoms with Crippen molar-refractivity contribution in [2.45, 2.75) is 32.9 Å². The van der Waals surface area contributed by atoms with Gasteiger partial charge in [0.25, 0.3) is 0 Å². The minimum atomic E-state index is 0.693. The molecule has 0 saturated carbocycles. The molecule has 2 rings (SSSR count). The fourth-order valence-corrected chi connectivity index (χ4v) is 2.75. The highest BCUT2D eigenvalue weighted by atomic mass is 35.5. The van der Waals surface area contributed by atoms with E-state index >= 15 is 0 Å². The van der Waals surface area contributed by atoms with Crippen LogP contribution in [0.1, 0.15) is 25.8 Å². The topological polar surface area (TPSA) is 32.5 Å². The van der Waals surface area contributed by atoms with Crippen LogP contribution in [0.5, 0.6) is 0 Å². The van der Waals surface area contributed by atoms with Gasteiger partial charge < -0.3 is 5.73 Å². The van der Waals surface area contributed by atoms with Crippen LogP contribution < -0.4 is 5.73 Å². The molecule has 1 aliphatic rings. The Bertz CT molecular complexity index is 414. The summed E-state index contributed by atoms with van der Waals surface area (Å²) in [7, 11) is 0. The van der Waals surface area contributed by atoms with Crippen molar-refractivity contribution in [3.8, 4) is 0 Å². The van der Waals surface area contributed by atoms with Crippen molar-refractivity contribution in [2.75, 3.05) is 31.9 Å². The molecule has 0 aromatic heterocycles. The molecule has 0 bridgehead atoms. The Morgan fingerprint density at radius 3 is 2.58 bits per heavy atom. The minimum absolute atomic E-state index is 0.693. The number of piperazine rings is 1. The maximum atomic E-state index is 6.22. The number of nitrogens with zero attached hydrogens (tertiary/aromatic N) is 2. The van der Waals surface area contributed by atoms with E-state index in [9.17, 15) is 0 Å². The van der Waals surface area contributed by atoms with Gasteiger partial charge in [-0.3, -0.25) is 9.80 Å². The molecule has 1 atom stereocenters. The molecule has 3 nitrogen and oxygen atoms in total. The Morgan fingerprint density at radius 2 is 1.95 bits per heavy atom. The molecule has 1 heterocycles. The number of halogens is 1. The molecule has 1 saturated heterocycles. The molecule has 1 aromatic rings. The number of rotatable bonds is 4. The molecular weight excluding hydrogens is 258 g/mol. The number of nitrogen functional groups attached to an aromatic ring is 1. The lowest BCUT2D eigenvalue weighted by Gasteiger charge is -2.38. The van der Waals surface area contributed by atoms with Crippen LogP contribution in [0.3, 0.4) is 0 Å². The highest BCUT2D eigenvalue weighted by molar-refractivity contribution is 6.31. The summed E-state index contributed by atoms with van der Waals surface area (Å²) in [6.07, 6.45) is 1.22. The van der Waals surface area contributed by atoms with Crippen molar-refractivity contribution in [1.82, 2.24) is 9.80 Å². The third-order valence-electron chi connectivity index (χ3n) is 4.08. The second kappa shape index (κ2) is 6.60. The smallest absolute Gasteiger partial charge is 0.0452 e. The summed E-state index contributed by atoms with van der Waals surface area (Å²) < 4.78 is 0. The molecule has 0 spiro atoms. The molecule has 0 aliphatic carbocycles. The zero-order valence-electron chi connectivity index (χ0n) is 11.9. The van der Waals surface area contributed by atoms with Gasteiger partial charge in [0.2, 0.25) is 0 Å². The monoisotopic (exact) mass is 281 g/mol. The SMILES string of the molecule is CCC(C)N1CCN(Cc2cc(N)ccc2Cl)CC1. The Labute approximate surface area is 121 Å². The molecular formula is C15H24ClN3. The second-order valence-electron chi connectivity index (χ2n) is 5.42. The summed E-state index contributed by atoms with van der Waals surface area (Å²) in [6, 6.07) is 6.43.